The Bertz CT molecular complexity index is 430. The average molecular weight is 238 g/mol. The highest BCUT2D eigenvalue weighted by molar-refractivity contribution is 5.08. The van der Waals surface area contributed by atoms with Crippen molar-refractivity contribution >= 4 is 0 Å². The average Bonchev–Trinajstić information content (AvgIpc) is 2.28. The number of H-pyrrole nitrogens is 1. The predicted octanol–water partition coefficient (Wildman–Crippen LogP) is 1.41. The van der Waals surface area contributed by atoms with Gasteiger partial charge in [0.25, 0.3) is 5.56 Å². The van der Waals surface area contributed by atoms with Crippen LogP contribution in [-0.2, 0) is 4.74 Å². The summed E-state index contributed by atoms with van der Waals surface area (Å²) in [5.74, 6) is 0.986. The van der Waals surface area contributed by atoms with Crippen molar-refractivity contribution in [3.63, 3.8) is 0 Å². The Morgan fingerprint density at radius 3 is 2.88 bits per heavy atom. The second kappa shape index (κ2) is 5.31. The Morgan fingerprint density at radius 1 is 1.41 bits per heavy atom. The third-order valence-electron chi connectivity index (χ3n) is 3.04. The first kappa shape index (κ1) is 12.1. The van der Waals surface area contributed by atoms with E-state index in [2.05, 4.69) is 9.97 Å². The summed E-state index contributed by atoms with van der Waals surface area (Å²) in [6, 6.07) is 1.39. The molecule has 1 N–H and O–H groups in total. The van der Waals surface area contributed by atoms with Gasteiger partial charge < -0.3 is 14.5 Å². The van der Waals surface area contributed by atoms with Crippen LogP contribution in [0.5, 0.6) is 5.88 Å². The summed E-state index contributed by atoms with van der Waals surface area (Å²) in [4.78, 5) is 18.0. The van der Waals surface area contributed by atoms with Gasteiger partial charge in [0.15, 0.2) is 0 Å². The fourth-order valence-corrected chi connectivity index (χ4v) is 2.21. The molecule has 0 spiro atoms. The number of rotatable bonds is 3. The smallest absolute Gasteiger partial charge is 0.254 e. The number of nitrogens with zero attached hydrogens (tertiary/aromatic N) is 1. The van der Waals surface area contributed by atoms with E-state index in [4.69, 9.17) is 9.47 Å². The van der Waals surface area contributed by atoms with E-state index in [0.717, 1.165) is 25.7 Å². The normalized spacial score (nSPS) is 24.6. The van der Waals surface area contributed by atoms with Crippen molar-refractivity contribution in [1.29, 1.82) is 0 Å². The lowest BCUT2D eigenvalue weighted by molar-refractivity contribution is 0.0194. The van der Waals surface area contributed by atoms with Crippen molar-refractivity contribution in [3.05, 3.63) is 22.2 Å². The van der Waals surface area contributed by atoms with E-state index in [0.29, 0.717) is 11.7 Å². The van der Waals surface area contributed by atoms with E-state index in [1.807, 2.05) is 0 Å². The van der Waals surface area contributed by atoms with Crippen LogP contribution in [-0.4, -0.2) is 29.3 Å². The van der Waals surface area contributed by atoms with Crippen molar-refractivity contribution in [1.82, 2.24) is 9.97 Å². The van der Waals surface area contributed by atoms with E-state index in [1.54, 1.807) is 14.0 Å². The van der Waals surface area contributed by atoms with Crippen molar-refractivity contribution < 1.29 is 9.47 Å². The van der Waals surface area contributed by atoms with Crippen LogP contribution in [0.4, 0.5) is 0 Å². The molecule has 2 atom stereocenters. The molecular formula is C12H18N2O3. The lowest BCUT2D eigenvalue weighted by Gasteiger charge is -2.28. The van der Waals surface area contributed by atoms with Crippen LogP contribution in [0.25, 0.3) is 0 Å². The van der Waals surface area contributed by atoms with Crippen molar-refractivity contribution in [2.24, 2.45) is 0 Å². The molecule has 1 aromatic rings. The standard InChI is InChI=1S/C12H18N2O3/c1-8-13-11(15)7-12(14-8)17-10-5-3-4-9(6-10)16-2/h7,9-10H,3-6H2,1-2H3,(H,13,14,15). The quantitative estimate of drug-likeness (QED) is 0.864. The Hall–Kier alpha value is -1.36. The maximum absolute atomic E-state index is 11.3. The highest BCUT2D eigenvalue weighted by Gasteiger charge is 2.23. The molecular weight excluding hydrogens is 220 g/mol. The summed E-state index contributed by atoms with van der Waals surface area (Å²) in [5, 5.41) is 0. The molecule has 0 saturated heterocycles. The summed E-state index contributed by atoms with van der Waals surface area (Å²) in [7, 11) is 1.72. The molecule has 94 valence electrons. The maximum atomic E-state index is 11.3. The van der Waals surface area contributed by atoms with Gasteiger partial charge in [0.1, 0.15) is 11.9 Å². The Labute approximate surface area is 100 Å². The highest BCUT2D eigenvalue weighted by Crippen LogP contribution is 2.23. The molecule has 5 nitrogen and oxygen atoms in total. The van der Waals surface area contributed by atoms with Crippen molar-refractivity contribution in [2.75, 3.05) is 7.11 Å². The molecule has 0 aliphatic heterocycles. The molecule has 5 heteroatoms. The fourth-order valence-electron chi connectivity index (χ4n) is 2.21. The monoisotopic (exact) mass is 238 g/mol. The molecule has 1 aromatic heterocycles. The van der Waals surface area contributed by atoms with Gasteiger partial charge in [-0.05, 0) is 26.2 Å². The van der Waals surface area contributed by atoms with Crippen LogP contribution in [0.2, 0.25) is 0 Å². The van der Waals surface area contributed by atoms with Crippen LogP contribution in [0.3, 0.4) is 0 Å². The molecule has 0 aromatic carbocycles. The van der Waals surface area contributed by atoms with Crippen LogP contribution >= 0.6 is 0 Å². The van der Waals surface area contributed by atoms with E-state index in [-0.39, 0.29) is 17.8 Å². The highest BCUT2D eigenvalue weighted by atomic mass is 16.5. The van der Waals surface area contributed by atoms with Crippen molar-refractivity contribution in [3.8, 4) is 5.88 Å². The molecule has 1 aliphatic carbocycles. The zero-order valence-electron chi connectivity index (χ0n) is 10.2. The number of ether oxygens (including phenoxy) is 2. The molecule has 2 rings (SSSR count). The number of aryl methyl sites for hydroxylation is 1. The number of aromatic amines is 1. The largest absolute Gasteiger partial charge is 0.474 e. The summed E-state index contributed by atoms with van der Waals surface area (Å²) in [6.07, 6.45) is 4.39. The number of methoxy groups -OCH3 is 1. The second-order valence-electron chi connectivity index (χ2n) is 4.43. The van der Waals surface area contributed by atoms with Crippen molar-refractivity contribution in [2.45, 2.75) is 44.8 Å². The van der Waals surface area contributed by atoms with Gasteiger partial charge in [0.05, 0.1) is 12.2 Å². The minimum atomic E-state index is -0.174. The number of hydrogen-bond donors (Lipinski definition) is 1. The number of aromatic nitrogens is 2. The lowest BCUT2D eigenvalue weighted by Crippen LogP contribution is -2.30. The first-order valence-corrected chi connectivity index (χ1v) is 5.95. The van der Waals surface area contributed by atoms with E-state index in [9.17, 15) is 4.79 Å². The van der Waals surface area contributed by atoms with Gasteiger partial charge in [-0.15, -0.1) is 0 Å². The van der Waals surface area contributed by atoms with Gasteiger partial charge in [-0.25, -0.2) is 4.98 Å². The van der Waals surface area contributed by atoms with Gasteiger partial charge in [-0.2, -0.15) is 0 Å². The minimum Gasteiger partial charge on any atom is -0.474 e. The van der Waals surface area contributed by atoms with Crippen LogP contribution in [0.1, 0.15) is 31.5 Å². The fraction of sp³-hybridized carbons (Fsp3) is 0.667. The molecule has 1 heterocycles. The zero-order valence-corrected chi connectivity index (χ0v) is 10.2. The molecule has 17 heavy (non-hydrogen) atoms. The third kappa shape index (κ3) is 3.30. The van der Waals surface area contributed by atoms with E-state index >= 15 is 0 Å². The van der Waals surface area contributed by atoms with Gasteiger partial charge in [0.2, 0.25) is 5.88 Å². The lowest BCUT2D eigenvalue weighted by atomic mass is 9.95. The van der Waals surface area contributed by atoms with E-state index in [1.165, 1.54) is 6.07 Å². The van der Waals surface area contributed by atoms with Crippen LogP contribution in [0, 0.1) is 6.92 Å². The Kier molecular flexibility index (Phi) is 3.78. The first-order valence-electron chi connectivity index (χ1n) is 5.95. The third-order valence-corrected chi connectivity index (χ3v) is 3.04. The predicted molar refractivity (Wildman–Crippen MR) is 63.3 cm³/mol. The summed E-state index contributed by atoms with van der Waals surface area (Å²) in [5.41, 5.74) is -0.174. The minimum absolute atomic E-state index is 0.0994. The summed E-state index contributed by atoms with van der Waals surface area (Å²) >= 11 is 0. The molecule has 2 unspecified atom stereocenters. The molecule has 0 bridgehead atoms. The summed E-state index contributed by atoms with van der Waals surface area (Å²) in [6.45, 7) is 1.74. The topological polar surface area (TPSA) is 64.2 Å². The second-order valence-corrected chi connectivity index (χ2v) is 4.43. The molecule has 0 amide bonds. The number of nitrogens with one attached hydrogen (secondary N) is 1. The molecule has 1 saturated carbocycles. The van der Waals surface area contributed by atoms with E-state index < -0.39 is 0 Å². The Morgan fingerprint density at radius 2 is 2.18 bits per heavy atom. The SMILES string of the molecule is COC1CCCC(Oc2cc(=O)[nH]c(C)n2)C1. The van der Waals surface area contributed by atoms with Gasteiger partial charge in [-0.3, -0.25) is 4.79 Å². The van der Waals surface area contributed by atoms with Crippen LogP contribution in [0.15, 0.2) is 10.9 Å². The summed E-state index contributed by atoms with van der Waals surface area (Å²) < 4.78 is 11.1. The van der Waals surface area contributed by atoms with Crippen LogP contribution < -0.4 is 10.3 Å². The van der Waals surface area contributed by atoms with Gasteiger partial charge >= 0.3 is 0 Å². The molecule has 0 radical (unpaired) electrons. The maximum Gasteiger partial charge on any atom is 0.254 e. The number of hydrogen-bond acceptors (Lipinski definition) is 4. The van der Waals surface area contributed by atoms with Gasteiger partial charge in [0, 0.05) is 13.5 Å². The molecule has 1 fully saturated rings. The first-order chi connectivity index (χ1) is 8.17. The van der Waals surface area contributed by atoms with Gasteiger partial charge in [-0.1, -0.05) is 0 Å². The Balaban J connectivity index is 2.02. The zero-order chi connectivity index (χ0) is 12.3. The molecule has 1 aliphatic rings.